The highest BCUT2D eigenvalue weighted by Crippen LogP contribution is 2.38. The van der Waals surface area contributed by atoms with Crippen LogP contribution in [0.5, 0.6) is 0 Å². The number of benzene rings is 2. The summed E-state index contributed by atoms with van der Waals surface area (Å²) in [7, 11) is 0. The second-order valence-electron chi connectivity index (χ2n) is 7.37. The van der Waals surface area contributed by atoms with Gasteiger partial charge >= 0.3 is 0 Å². The number of fused-ring (bicyclic) bond motifs is 1. The van der Waals surface area contributed by atoms with Crippen molar-refractivity contribution in [3.05, 3.63) is 84.3 Å². The minimum atomic E-state index is -1.04. The minimum Gasteiger partial charge on any atom is -0.380 e. The average Bonchev–Trinajstić information content (AvgIpc) is 2.71. The van der Waals surface area contributed by atoms with Crippen LogP contribution in [0.3, 0.4) is 0 Å². The normalized spacial score (nSPS) is 15.4. The molecule has 2 aromatic heterocycles. The van der Waals surface area contributed by atoms with Gasteiger partial charge in [-0.15, -0.1) is 0 Å². The van der Waals surface area contributed by atoms with Gasteiger partial charge in [0.2, 0.25) is 0 Å². The van der Waals surface area contributed by atoms with Crippen LogP contribution in [0.2, 0.25) is 0 Å². The Labute approximate surface area is 163 Å². The smallest absolute Gasteiger partial charge is 0.143 e. The summed E-state index contributed by atoms with van der Waals surface area (Å²) in [6.45, 7) is 2.93. The number of aryl methyl sites for hydroxylation is 1. The van der Waals surface area contributed by atoms with Crippen molar-refractivity contribution in [1.82, 2.24) is 15.0 Å². The molecule has 4 aromatic rings. The lowest BCUT2D eigenvalue weighted by molar-refractivity contribution is 0.00326. The van der Waals surface area contributed by atoms with Gasteiger partial charge in [0.15, 0.2) is 0 Å². The van der Waals surface area contributed by atoms with Gasteiger partial charge in [-0.05, 0) is 31.2 Å². The van der Waals surface area contributed by atoms with Gasteiger partial charge in [-0.2, -0.15) is 0 Å². The highest BCUT2D eigenvalue weighted by Gasteiger charge is 2.46. The quantitative estimate of drug-likeness (QED) is 0.597. The Bertz CT molecular complexity index is 1170. The molecule has 1 aliphatic rings. The molecule has 1 aliphatic heterocycles. The number of aromatic nitrogens is 3. The number of β-amino-alcohol motifs (C(OH)–C–C–N with tert-alkyl or cyclic N) is 1. The summed E-state index contributed by atoms with van der Waals surface area (Å²) in [6, 6.07) is 20.2. The van der Waals surface area contributed by atoms with E-state index in [9.17, 15) is 5.11 Å². The summed E-state index contributed by atoms with van der Waals surface area (Å²) in [5.41, 5.74) is 3.39. The maximum atomic E-state index is 11.3. The van der Waals surface area contributed by atoms with Crippen LogP contribution in [0, 0.1) is 6.92 Å². The van der Waals surface area contributed by atoms with E-state index in [4.69, 9.17) is 4.98 Å². The first kappa shape index (κ1) is 16.8. The number of pyridine rings is 1. The van der Waals surface area contributed by atoms with Gasteiger partial charge in [-0.25, -0.2) is 4.98 Å². The van der Waals surface area contributed by atoms with Gasteiger partial charge in [-0.3, -0.25) is 9.97 Å². The van der Waals surface area contributed by atoms with Crippen molar-refractivity contribution in [2.24, 2.45) is 0 Å². The van der Waals surface area contributed by atoms with Crippen molar-refractivity contribution in [2.75, 3.05) is 18.0 Å². The van der Waals surface area contributed by atoms with Gasteiger partial charge in [-0.1, -0.05) is 42.0 Å². The molecular formula is C23H20N4O. The Balaban J connectivity index is 1.46. The molecule has 5 rings (SSSR count). The summed E-state index contributed by atoms with van der Waals surface area (Å²) in [6.07, 6.45) is 3.31. The molecule has 1 N–H and O–H groups in total. The number of aliphatic hydroxyl groups is 1. The molecule has 1 fully saturated rings. The lowest BCUT2D eigenvalue weighted by Gasteiger charge is -2.47. The molecule has 3 heterocycles. The molecule has 5 nitrogen and oxygen atoms in total. The van der Waals surface area contributed by atoms with E-state index < -0.39 is 5.60 Å². The first-order valence-electron chi connectivity index (χ1n) is 9.34. The van der Waals surface area contributed by atoms with Crippen LogP contribution in [-0.4, -0.2) is 33.1 Å². The standard InChI is InChI=1S/C23H20N4O/c1-16-5-4-7-18(13-16)21-22(25-12-11-24-21)23(28)14-27(15-23)20-10-9-17-6-2-3-8-19(17)26-20/h2-13,28H,14-15H2,1H3. The van der Waals surface area contributed by atoms with Crippen LogP contribution in [0.15, 0.2) is 73.1 Å². The molecule has 0 spiro atoms. The van der Waals surface area contributed by atoms with Crippen LogP contribution in [0.4, 0.5) is 5.82 Å². The zero-order chi connectivity index (χ0) is 19.1. The molecular weight excluding hydrogens is 348 g/mol. The predicted molar refractivity (Wildman–Crippen MR) is 110 cm³/mol. The molecule has 0 atom stereocenters. The van der Waals surface area contributed by atoms with Crippen molar-refractivity contribution in [3.63, 3.8) is 0 Å². The van der Waals surface area contributed by atoms with E-state index in [0.717, 1.165) is 33.5 Å². The van der Waals surface area contributed by atoms with Gasteiger partial charge in [0.05, 0.1) is 24.3 Å². The summed E-state index contributed by atoms with van der Waals surface area (Å²) in [5, 5.41) is 12.4. The van der Waals surface area contributed by atoms with Gasteiger partial charge < -0.3 is 10.0 Å². The third kappa shape index (κ3) is 2.80. The SMILES string of the molecule is Cc1cccc(-c2nccnc2C2(O)CN(c3ccc4ccccc4n3)C2)c1. The first-order valence-corrected chi connectivity index (χ1v) is 9.34. The Hall–Kier alpha value is -3.31. The lowest BCUT2D eigenvalue weighted by Crippen LogP contribution is -2.60. The lowest BCUT2D eigenvalue weighted by atomic mass is 9.87. The molecule has 0 radical (unpaired) electrons. The molecule has 138 valence electrons. The van der Waals surface area contributed by atoms with E-state index in [-0.39, 0.29) is 0 Å². The average molecular weight is 368 g/mol. The first-order chi connectivity index (χ1) is 13.6. The summed E-state index contributed by atoms with van der Waals surface area (Å²) in [5.74, 6) is 0.865. The third-order valence-corrected chi connectivity index (χ3v) is 5.24. The van der Waals surface area contributed by atoms with Crippen molar-refractivity contribution < 1.29 is 5.11 Å². The van der Waals surface area contributed by atoms with Gasteiger partial charge in [0.1, 0.15) is 17.1 Å². The van der Waals surface area contributed by atoms with E-state index in [2.05, 4.69) is 27.0 Å². The fourth-order valence-corrected chi connectivity index (χ4v) is 3.81. The Morgan fingerprint density at radius 2 is 1.75 bits per heavy atom. The topological polar surface area (TPSA) is 62.1 Å². The Morgan fingerprint density at radius 1 is 0.929 bits per heavy atom. The zero-order valence-corrected chi connectivity index (χ0v) is 15.6. The number of hydrogen-bond acceptors (Lipinski definition) is 5. The molecule has 0 amide bonds. The van der Waals surface area contributed by atoms with Crippen LogP contribution in [-0.2, 0) is 5.60 Å². The number of hydrogen-bond donors (Lipinski definition) is 1. The third-order valence-electron chi connectivity index (χ3n) is 5.24. The van der Waals surface area contributed by atoms with Crippen molar-refractivity contribution in [2.45, 2.75) is 12.5 Å². The van der Waals surface area contributed by atoms with Crippen molar-refractivity contribution in [1.29, 1.82) is 0 Å². The van der Waals surface area contributed by atoms with Crippen molar-refractivity contribution >= 4 is 16.7 Å². The van der Waals surface area contributed by atoms with Crippen LogP contribution < -0.4 is 4.90 Å². The maximum Gasteiger partial charge on any atom is 0.143 e. The van der Waals surface area contributed by atoms with Crippen LogP contribution in [0.25, 0.3) is 22.2 Å². The number of rotatable bonds is 3. The van der Waals surface area contributed by atoms with E-state index in [0.29, 0.717) is 18.8 Å². The minimum absolute atomic E-state index is 0.440. The van der Waals surface area contributed by atoms with E-state index in [1.807, 2.05) is 55.5 Å². The fourth-order valence-electron chi connectivity index (χ4n) is 3.81. The number of nitrogens with zero attached hydrogens (tertiary/aromatic N) is 4. The molecule has 0 aliphatic carbocycles. The second-order valence-corrected chi connectivity index (χ2v) is 7.37. The van der Waals surface area contributed by atoms with Crippen LogP contribution in [0.1, 0.15) is 11.3 Å². The summed E-state index contributed by atoms with van der Waals surface area (Å²) >= 11 is 0. The molecule has 0 saturated carbocycles. The monoisotopic (exact) mass is 368 g/mol. The summed E-state index contributed by atoms with van der Waals surface area (Å²) in [4.78, 5) is 15.8. The Morgan fingerprint density at radius 3 is 2.61 bits per heavy atom. The van der Waals surface area contributed by atoms with Crippen molar-refractivity contribution in [3.8, 4) is 11.3 Å². The number of anilines is 1. The second kappa shape index (κ2) is 6.39. The molecule has 28 heavy (non-hydrogen) atoms. The number of para-hydroxylation sites is 1. The van der Waals surface area contributed by atoms with E-state index in [1.165, 1.54) is 0 Å². The van der Waals surface area contributed by atoms with E-state index in [1.54, 1.807) is 12.4 Å². The molecule has 0 unspecified atom stereocenters. The van der Waals surface area contributed by atoms with Gasteiger partial charge in [0, 0.05) is 23.3 Å². The zero-order valence-electron chi connectivity index (χ0n) is 15.6. The van der Waals surface area contributed by atoms with Crippen LogP contribution >= 0.6 is 0 Å². The van der Waals surface area contributed by atoms with E-state index >= 15 is 0 Å². The highest BCUT2D eigenvalue weighted by molar-refractivity contribution is 5.80. The Kier molecular flexibility index (Phi) is 3.84. The fraction of sp³-hybridized carbons (Fsp3) is 0.174. The molecule has 5 heteroatoms. The summed E-state index contributed by atoms with van der Waals surface area (Å²) < 4.78 is 0. The van der Waals surface area contributed by atoms with Gasteiger partial charge in [0.25, 0.3) is 0 Å². The maximum absolute atomic E-state index is 11.3. The molecule has 1 saturated heterocycles. The molecule has 2 aromatic carbocycles. The predicted octanol–water partition coefficient (Wildman–Crippen LogP) is 3.71. The molecule has 0 bridgehead atoms. The highest BCUT2D eigenvalue weighted by atomic mass is 16.3. The largest absolute Gasteiger partial charge is 0.380 e.